The minimum absolute atomic E-state index is 0.141. The van der Waals surface area contributed by atoms with E-state index >= 15 is 0 Å². The van der Waals surface area contributed by atoms with E-state index in [1.54, 1.807) is 6.20 Å². The molecule has 0 saturated carbocycles. The second kappa shape index (κ2) is 4.22. The number of hydrogen-bond acceptors (Lipinski definition) is 4. The van der Waals surface area contributed by atoms with Gasteiger partial charge < -0.3 is 9.47 Å². The summed E-state index contributed by atoms with van der Waals surface area (Å²) in [5.74, 6) is 0. The zero-order chi connectivity index (χ0) is 10.9. The lowest BCUT2D eigenvalue weighted by atomic mass is 10.1. The molecular formula is C9H10Cl2N2O2. The molecule has 0 amide bonds. The molecule has 0 aromatic carbocycles. The Hall–Kier alpha value is -0.420. The topological polar surface area (TPSA) is 44.2 Å². The van der Waals surface area contributed by atoms with Crippen molar-refractivity contribution in [2.45, 2.75) is 19.1 Å². The highest BCUT2D eigenvalue weighted by Crippen LogP contribution is 2.24. The highest BCUT2D eigenvalue weighted by molar-refractivity contribution is 6.32. The van der Waals surface area contributed by atoms with Crippen molar-refractivity contribution in [3.63, 3.8) is 0 Å². The SMILES string of the molecule is CC1(OCc2cnc(Cl)nc2Cl)COC1. The van der Waals surface area contributed by atoms with Crippen molar-refractivity contribution in [1.82, 2.24) is 9.97 Å². The van der Waals surface area contributed by atoms with Crippen LogP contribution in [0.2, 0.25) is 10.4 Å². The van der Waals surface area contributed by atoms with Gasteiger partial charge in [-0.25, -0.2) is 9.97 Å². The summed E-state index contributed by atoms with van der Waals surface area (Å²) in [7, 11) is 0. The van der Waals surface area contributed by atoms with Crippen LogP contribution >= 0.6 is 23.2 Å². The number of nitrogens with zero attached hydrogens (tertiary/aromatic N) is 2. The van der Waals surface area contributed by atoms with Gasteiger partial charge in [0.1, 0.15) is 10.8 Å². The van der Waals surface area contributed by atoms with Gasteiger partial charge in [-0.2, -0.15) is 0 Å². The van der Waals surface area contributed by atoms with Gasteiger partial charge in [0.15, 0.2) is 0 Å². The summed E-state index contributed by atoms with van der Waals surface area (Å²) in [5.41, 5.74) is 0.525. The van der Waals surface area contributed by atoms with Crippen LogP contribution in [-0.4, -0.2) is 28.8 Å². The van der Waals surface area contributed by atoms with Crippen molar-refractivity contribution in [2.24, 2.45) is 0 Å². The normalized spacial score (nSPS) is 18.6. The summed E-state index contributed by atoms with van der Waals surface area (Å²) in [6.45, 7) is 3.58. The maximum absolute atomic E-state index is 5.87. The first kappa shape index (κ1) is 11.1. The van der Waals surface area contributed by atoms with Crippen molar-refractivity contribution in [3.8, 4) is 0 Å². The van der Waals surface area contributed by atoms with E-state index in [-0.39, 0.29) is 10.9 Å². The number of aromatic nitrogens is 2. The van der Waals surface area contributed by atoms with Crippen LogP contribution < -0.4 is 0 Å². The lowest BCUT2D eigenvalue weighted by molar-refractivity contribution is -0.204. The fraction of sp³-hybridized carbons (Fsp3) is 0.556. The van der Waals surface area contributed by atoms with Crippen LogP contribution in [0.25, 0.3) is 0 Å². The van der Waals surface area contributed by atoms with Gasteiger partial charge in [-0.15, -0.1) is 0 Å². The van der Waals surface area contributed by atoms with Crippen LogP contribution in [0.15, 0.2) is 6.20 Å². The van der Waals surface area contributed by atoms with E-state index in [1.165, 1.54) is 0 Å². The molecule has 1 saturated heterocycles. The smallest absolute Gasteiger partial charge is 0.223 e. The van der Waals surface area contributed by atoms with E-state index in [2.05, 4.69) is 9.97 Å². The van der Waals surface area contributed by atoms with Crippen LogP contribution in [0.1, 0.15) is 12.5 Å². The Morgan fingerprint density at radius 2 is 2.27 bits per heavy atom. The number of hydrogen-bond donors (Lipinski definition) is 0. The minimum atomic E-state index is -0.205. The second-order valence-corrected chi connectivity index (χ2v) is 4.38. The second-order valence-electron chi connectivity index (χ2n) is 3.69. The predicted octanol–water partition coefficient (Wildman–Crippen LogP) is 2.09. The molecule has 15 heavy (non-hydrogen) atoms. The molecule has 0 N–H and O–H groups in total. The van der Waals surface area contributed by atoms with Crippen LogP contribution in [0.4, 0.5) is 0 Å². The summed E-state index contributed by atoms with van der Waals surface area (Å²) in [6, 6.07) is 0. The van der Waals surface area contributed by atoms with Gasteiger partial charge in [0.25, 0.3) is 0 Å². The van der Waals surface area contributed by atoms with Crippen molar-refractivity contribution in [3.05, 3.63) is 22.2 Å². The fourth-order valence-electron chi connectivity index (χ4n) is 1.19. The zero-order valence-corrected chi connectivity index (χ0v) is 9.68. The van der Waals surface area contributed by atoms with Crippen LogP contribution in [0.5, 0.6) is 0 Å². The molecule has 0 radical (unpaired) electrons. The predicted molar refractivity (Wildman–Crippen MR) is 56.1 cm³/mol. The molecule has 2 rings (SSSR count). The summed E-state index contributed by atoms with van der Waals surface area (Å²) < 4.78 is 10.7. The number of ether oxygens (including phenoxy) is 2. The van der Waals surface area contributed by atoms with E-state index in [9.17, 15) is 0 Å². The number of rotatable bonds is 3. The maximum atomic E-state index is 5.87. The fourth-order valence-corrected chi connectivity index (χ4v) is 1.55. The third kappa shape index (κ3) is 2.58. The van der Waals surface area contributed by atoms with Gasteiger partial charge in [-0.1, -0.05) is 11.6 Å². The Balaban J connectivity index is 1.98. The zero-order valence-electron chi connectivity index (χ0n) is 8.17. The molecule has 0 unspecified atom stereocenters. The Bertz CT molecular complexity index is 369. The van der Waals surface area contributed by atoms with Crippen molar-refractivity contribution in [1.29, 1.82) is 0 Å². The van der Waals surface area contributed by atoms with Crippen LogP contribution in [0.3, 0.4) is 0 Å². The Morgan fingerprint density at radius 3 is 2.80 bits per heavy atom. The van der Waals surface area contributed by atoms with E-state index < -0.39 is 0 Å². The summed E-state index contributed by atoms with van der Waals surface area (Å²) in [5, 5.41) is 0.473. The van der Waals surface area contributed by atoms with Crippen LogP contribution in [0, 0.1) is 0 Å². The van der Waals surface area contributed by atoms with Crippen molar-refractivity contribution >= 4 is 23.2 Å². The molecule has 0 bridgehead atoms. The molecule has 6 heteroatoms. The third-order valence-electron chi connectivity index (χ3n) is 2.17. The third-order valence-corrected chi connectivity index (χ3v) is 2.68. The standard InChI is InChI=1S/C9H10Cl2N2O2/c1-9(4-14-5-9)15-3-6-2-12-8(11)13-7(6)10/h2H,3-5H2,1H3. The van der Waals surface area contributed by atoms with E-state index in [0.29, 0.717) is 25.0 Å². The molecule has 1 aliphatic heterocycles. The highest BCUT2D eigenvalue weighted by atomic mass is 35.5. The van der Waals surface area contributed by atoms with Gasteiger partial charge in [-0.3, -0.25) is 0 Å². The first-order chi connectivity index (χ1) is 7.09. The molecule has 0 spiro atoms. The summed E-state index contributed by atoms with van der Waals surface area (Å²) in [6.07, 6.45) is 1.57. The Labute approximate surface area is 97.5 Å². The quantitative estimate of drug-likeness (QED) is 0.607. The Morgan fingerprint density at radius 1 is 1.53 bits per heavy atom. The largest absolute Gasteiger partial charge is 0.375 e. The van der Waals surface area contributed by atoms with Crippen molar-refractivity contribution < 1.29 is 9.47 Å². The molecule has 82 valence electrons. The molecule has 0 atom stereocenters. The molecule has 1 aromatic rings. The molecule has 1 fully saturated rings. The average molecular weight is 249 g/mol. The minimum Gasteiger partial charge on any atom is -0.375 e. The van der Waals surface area contributed by atoms with Crippen molar-refractivity contribution in [2.75, 3.05) is 13.2 Å². The summed E-state index contributed by atoms with van der Waals surface area (Å²) in [4.78, 5) is 7.67. The van der Waals surface area contributed by atoms with Gasteiger partial charge in [0.2, 0.25) is 5.28 Å². The van der Waals surface area contributed by atoms with Crippen LogP contribution in [-0.2, 0) is 16.1 Å². The van der Waals surface area contributed by atoms with Gasteiger partial charge in [0.05, 0.1) is 19.8 Å². The lowest BCUT2D eigenvalue weighted by Gasteiger charge is -2.37. The van der Waals surface area contributed by atoms with E-state index in [0.717, 1.165) is 5.56 Å². The summed E-state index contributed by atoms with van der Waals surface area (Å²) >= 11 is 11.5. The molecule has 0 aliphatic carbocycles. The molecule has 2 heterocycles. The monoisotopic (exact) mass is 248 g/mol. The first-order valence-corrected chi connectivity index (χ1v) is 5.23. The first-order valence-electron chi connectivity index (χ1n) is 4.48. The number of halogens is 2. The van der Waals surface area contributed by atoms with Gasteiger partial charge in [0, 0.05) is 11.8 Å². The molecule has 1 aliphatic rings. The molecule has 1 aromatic heterocycles. The highest BCUT2D eigenvalue weighted by Gasteiger charge is 2.34. The molecular weight excluding hydrogens is 239 g/mol. The molecule has 4 nitrogen and oxygen atoms in total. The average Bonchev–Trinajstić information content (AvgIpc) is 2.14. The van der Waals surface area contributed by atoms with E-state index in [1.807, 2.05) is 6.92 Å². The van der Waals surface area contributed by atoms with Gasteiger partial charge >= 0.3 is 0 Å². The van der Waals surface area contributed by atoms with E-state index in [4.69, 9.17) is 32.7 Å². The Kier molecular flexibility index (Phi) is 3.11. The lowest BCUT2D eigenvalue weighted by Crippen LogP contribution is -2.48. The maximum Gasteiger partial charge on any atom is 0.223 e. The van der Waals surface area contributed by atoms with Gasteiger partial charge in [-0.05, 0) is 18.5 Å².